The predicted octanol–water partition coefficient (Wildman–Crippen LogP) is 3.47. The average Bonchev–Trinajstić information content (AvgIpc) is 2.65. The lowest BCUT2D eigenvalue weighted by Gasteiger charge is -2.08. The van der Waals surface area contributed by atoms with E-state index in [1.54, 1.807) is 30.3 Å². The number of para-hydroxylation sites is 1. The van der Waals surface area contributed by atoms with Crippen LogP contribution in [0.25, 0.3) is 0 Å². The van der Waals surface area contributed by atoms with Gasteiger partial charge in [-0.15, -0.1) is 0 Å². The first-order valence-electron chi connectivity index (χ1n) is 7.99. The summed E-state index contributed by atoms with van der Waals surface area (Å²) >= 11 is 0. The Hall–Kier alpha value is -3.35. The number of benzene rings is 2. The van der Waals surface area contributed by atoms with Crippen LogP contribution in [0.4, 0.5) is 20.4 Å². The van der Waals surface area contributed by atoms with Gasteiger partial charge in [0.15, 0.2) is 0 Å². The number of carbonyl (C=O) groups is 1. The fourth-order valence-electron chi connectivity index (χ4n) is 2.29. The van der Waals surface area contributed by atoms with Gasteiger partial charge >= 0.3 is 0 Å². The first-order chi connectivity index (χ1) is 12.6. The second-order valence-corrected chi connectivity index (χ2v) is 5.50. The molecule has 0 aliphatic heterocycles. The summed E-state index contributed by atoms with van der Waals surface area (Å²) in [6, 6.07) is 13.7. The van der Waals surface area contributed by atoms with Gasteiger partial charge in [0.25, 0.3) is 5.91 Å². The van der Waals surface area contributed by atoms with Crippen LogP contribution in [0.15, 0.2) is 60.8 Å². The lowest BCUT2D eigenvalue weighted by atomic mass is 10.1. The van der Waals surface area contributed by atoms with E-state index in [2.05, 4.69) is 20.6 Å². The number of hydrogen-bond acceptors (Lipinski definition) is 4. The molecule has 0 fully saturated rings. The summed E-state index contributed by atoms with van der Waals surface area (Å²) in [5, 5.41) is 5.48. The summed E-state index contributed by atoms with van der Waals surface area (Å²) in [4.78, 5) is 20.3. The van der Waals surface area contributed by atoms with Gasteiger partial charge in [-0.2, -0.15) is 0 Å². The summed E-state index contributed by atoms with van der Waals surface area (Å²) in [5.74, 6) is -0.980. The SMILES string of the molecule is O=C(NCCc1ccc(F)cc1)c1ccnc(Nc2ccccc2F)n1. The van der Waals surface area contributed by atoms with E-state index < -0.39 is 5.82 Å². The van der Waals surface area contributed by atoms with Crippen molar-refractivity contribution in [2.24, 2.45) is 0 Å². The molecule has 5 nitrogen and oxygen atoms in total. The van der Waals surface area contributed by atoms with Crippen molar-refractivity contribution in [1.29, 1.82) is 0 Å². The Kier molecular flexibility index (Phi) is 5.48. The van der Waals surface area contributed by atoms with Crippen LogP contribution in [-0.2, 0) is 6.42 Å². The van der Waals surface area contributed by atoms with Crippen molar-refractivity contribution >= 4 is 17.5 Å². The molecule has 3 aromatic rings. The predicted molar refractivity (Wildman–Crippen MR) is 94.2 cm³/mol. The van der Waals surface area contributed by atoms with Crippen molar-refractivity contribution in [3.05, 3.63) is 83.7 Å². The van der Waals surface area contributed by atoms with Gasteiger partial charge in [0.2, 0.25) is 5.95 Å². The van der Waals surface area contributed by atoms with E-state index in [1.165, 1.54) is 30.5 Å². The number of rotatable bonds is 6. The molecule has 3 rings (SSSR count). The Balaban J connectivity index is 1.59. The highest BCUT2D eigenvalue weighted by atomic mass is 19.1. The summed E-state index contributed by atoms with van der Waals surface area (Å²) in [5.41, 5.74) is 1.30. The number of nitrogens with one attached hydrogen (secondary N) is 2. The molecule has 2 aromatic carbocycles. The van der Waals surface area contributed by atoms with E-state index in [0.29, 0.717) is 13.0 Å². The number of amides is 1. The topological polar surface area (TPSA) is 66.9 Å². The maximum absolute atomic E-state index is 13.7. The number of halogens is 2. The molecular formula is C19H16F2N4O. The number of aromatic nitrogens is 2. The molecule has 2 N–H and O–H groups in total. The summed E-state index contributed by atoms with van der Waals surface area (Å²) < 4.78 is 26.5. The van der Waals surface area contributed by atoms with E-state index in [9.17, 15) is 13.6 Å². The number of nitrogens with zero attached hydrogens (tertiary/aromatic N) is 2. The Labute approximate surface area is 149 Å². The van der Waals surface area contributed by atoms with Crippen LogP contribution >= 0.6 is 0 Å². The van der Waals surface area contributed by atoms with Gasteiger partial charge in [-0.05, 0) is 42.3 Å². The number of hydrogen-bond donors (Lipinski definition) is 2. The van der Waals surface area contributed by atoms with Gasteiger partial charge in [0.1, 0.15) is 17.3 Å². The third kappa shape index (κ3) is 4.60. The van der Waals surface area contributed by atoms with Gasteiger partial charge in [-0.25, -0.2) is 18.7 Å². The molecule has 0 aliphatic carbocycles. The third-order valence-corrected chi connectivity index (χ3v) is 3.62. The van der Waals surface area contributed by atoms with Crippen molar-refractivity contribution in [2.75, 3.05) is 11.9 Å². The van der Waals surface area contributed by atoms with E-state index in [4.69, 9.17) is 0 Å². The Bertz CT molecular complexity index is 900. The van der Waals surface area contributed by atoms with Crippen molar-refractivity contribution in [3.63, 3.8) is 0 Å². The Morgan fingerprint density at radius 1 is 1.00 bits per heavy atom. The molecule has 1 heterocycles. The standard InChI is InChI=1S/C19H16F2N4O/c20-14-7-5-13(6-8-14)9-11-22-18(26)17-10-12-23-19(25-17)24-16-4-2-1-3-15(16)21/h1-8,10,12H,9,11H2,(H,22,26)(H,23,24,25). The van der Waals surface area contributed by atoms with Crippen molar-refractivity contribution in [1.82, 2.24) is 15.3 Å². The maximum Gasteiger partial charge on any atom is 0.270 e. The van der Waals surface area contributed by atoms with Gasteiger partial charge in [0.05, 0.1) is 5.69 Å². The summed E-state index contributed by atoms with van der Waals surface area (Å²) in [6.45, 7) is 0.380. The monoisotopic (exact) mass is 354 g/mol. The molecule has 0 radical (unpaired) electrons. The molecule has 0 aliphatic rings. The second-order valence-electron chi connectivity index (χ2n) is 5.50. The Morgan fingerprint density at radius 3 is 2.54 bits per heavy atom. The van der Waals surface area contributed by atoms with E-state index in [0.717, 1.165) is 5.56 Å². The minimum absolute atomic E-state index is 0.126. The van der Waals surface area contributed by atoms with Gasteiger partial charge in [-0.1, -0.05) is 24.3 Å². The van der Waals surface area contributed by atoms with Gasteiger partial charge in [-0.3, -0.25) is 4.79 Å². The quantitative estimate of drug-likeness (QED) is 0.711. The molecule has 7 heteroatoms. The first kappa shape index (κ1) is 17.5. The normalized spacial score (nSPS) is 10.4. The molecule has 0 unspecified atom stereocenters. The van der Waals surface area contributed by atoms with Crippen LogP contribution in [0.1, 0.15) is 16.1 Å². The van der Waals surface area contributed by atoms with Gasteiger partial charge < -0.3 is 10.6 Å². The lowest BCUT2D eigenvalue weighted by Crippen LogP contribution is -2.26. The lowest BCUT2D eigenvalue weighted by molar-refractivity contribution is 0.0949. The van der Waals surface area contributed by atoms with E-state index in [1.807, 2.05) is 0 Å². The molecule has 0 spiro atoms. The molecule has 0 bridgehead atoms. The summed E-state index contributed by atoms with van der Waals surface area (Å²) in [7, 11) is 0. The minimum Gasteiger partial charge on any atom is -0.350 e. The molecular weight excluding hydrogens is 338 g/mol. The summed E-state index contributed by atoms with van der Waals surface area (Å²) in [6.07, 6.45) is 1.99. The second kappa shape index (κ2) is 8.15. The van der Waals surface area contributed by atoms with Crippen LogP contribution in [-0.4, -0.2) is 22.4 Å². The molecule has 1 amide bonds. The zero-order valence-electron chi connectivity index (χ0n) is 13.7. The van der Waals surface area contributed by atoms with E-state index in [-0.39, 0.29) is 29.1 Å². The molecule has 132 valence electrons. The van der Waals surface area contributed by atoms with Crippen molar-refractivity contribution in [3.8, 4) is 0 Å². The van der Waals surface area contributed by atoms with Crippen LogP contribution < -0.4 is 10.6 Å². The van der Waals surface area contributed by atoms with E-state index >= 15 is 0 Å². The smallest absolute Gasteiger partial charge is 0.270 e. The number of carbonyl (C=O) groups excluding carboxylic acids is 1. The van der Waals surface area contributed by atoms with Crippen molar-refractivity contribution < 1.29 is 13.6 Å². The van der Waals surface area contributed by atoms with Crippen LogP contribution in [0.5, 0.6) is 0 Å². The average molecular weight is 354 g/mol. The van der Waals surface area contributed by atoms with Crippen LogP contribution in [0.2, 0.25) is 0 Å². The molecule has 1 aromatic heterocycles. The highest BCUT2D eigenvalue weighted by molar-refractivity contribution is 5.92. The highest BCUT2D eigenvalue weighted by Crippen LogP contribution is 2.16. The highest BCUT2D eigenvalue weighted by Gasteiger charge is 2.09. The number of anilines is 2. The third-order valence-electron chi connectivity index (χ3n) is 3.62. The van der Waals surface area contributed by atoms with Crippen LogP contribution in [0, 0.1) is 11.6 Å². The molecule has 26 heavy (non-hydrogen) atoms. The fraction of sp³-hybridized carbons (Fsp3) is 0.105. The maximum atomic E-state index is 13.7. The van der Waals surface area contributed by atoms with Gasteiger partial charge in [0, 0.05) is 12.7 Å². The fourth-order valence-corrected chi connectivity index (χ4v) is 2.29. The zero-order valence-corrected chi connectivity index (χ0v) is 13.7. The van der Waals surface area contributed by atoms with Crippen molar-refractivity contribution in [2.45, 2.75) is 6.42 Å². The Morgan fingerprint density at radius 2 is 1.77 bits per heavy atom. The molecule has 0 atom stereocenters. The molecule has 0 saturated heterocycles. The molecule has 0 saturated carbocycles. The largest absolute Gasteiger partial charge is 0.350 e. The zero-order chi connectivity index (χ0) is 18.4. The minimum atomic E-state index is -0.440. The first-order valence-corrected chi connectivity index (χ1v) is 7.99. The van der Waals surface area contributed by atoms with Crippen LogP contribution in [0.3, 0.4) is 0 Å².